The summed E-state index contributed by atoms with van der Waals surface area (Å²) in [6.07, 6.45) is 2.12. The molecule has 1 N–H and O–H groups in total. The molecule has 108 valence electrons. The number of rotatable bonds is 5. The van der Waals surface area contributed by atoms with Crippen molar-refractivity contribution in [2.45, 2.75) is 32.1 Å². The van der Waals surface area contributed by atoms with Crippen LogP contribution in [0.1, 0.15) is 22.5 Å². The Bertz CT molecular complexity index is 665. The Morgan fingerprint density at radius 3 is 2.35 bits per heavy atom. The van der Waals surface area contributed by atoms with E-state index < -0.39 is 10.0 Å². The minimum atomic E-state index is -3.48. The van der Waals surface area contributed by atoms with Crippen molar-refractivity contribution in [3.63, 3.8) is 0 Å². The van der Waals surface area contributed by atoms with Crippen LogP contribution >= 0.6 is 0 Å². The Labute approximate surface area is 119 Å². The van der Waals surface area contributed by atoms with E-state index in [0.717, 1.165) is 22.5 Å². The molecule has 0 atom stereocenters. The molecule has 0 radical (unpaired) electrons. The van der Waals surface area contributed by atoms with Crippen molar-refractivity contribution in [1.82, 2.24) is 4.72 Å². The Kier molecular flexibility index (Phi) is 4.30. The van der Waals surface area contributed by atoms with Crippen molar-refractivity contribution >= 4 is 10.0 Å². The number of hydrogen-bond donors (Lipinski definition) is 1. The number of sulfonamides is 1. The third-order valence-corrected chi connectivity index (χ3v) is 4.88. The molecule has 1 heterocycles. The summed E-state index contributed by atoms with van der Waals surface area (Å²) in [5, 5.41) is 0. The Hall–Kier alpha value is -1.59. The zero-order valence-corrected chi connectivity index (χ0v) is 12.8. The van der Waals surface area contributed by atoms with Gasteiger partial charge in [0.15, 0.2) is 0 Å². The summed E-state index contributed by atoms with van der Waals surface area (Å²) in [5.74, 6) is 0.769. The predicted octanol–water partition coefficient (Wildman–Crippen LogP) is 2.73. The molecule has 0 unspecified atom stereocenters. The lowest BCUT2D eigenvalue weighted by atomic mass is 10.1. The highest BCUT2D eigenvalue weighted by Crippen LogP contribution is 2.21. The van der Waals surface area contributed by atoms with Crippen LogP contribution in [0.5, 0.6) is 0 Å². The molecule has 0 bridgehead atoms. The fourth-order valence-corrected chi connectivity index (χ4v) is 3.91. The third kappa shape index (κ3) is 3.29. The topological polar surface area (TPSA) is 59.3 Å². The highest BCUT2D eigenvalue weighted by Gasteiger charge is 2.19. The van der Waals surface area contributed by atoms with Crippen LogP contribution in [0, 0.1) is 20.8 Å². The Morgan fingerprint density at radius 2 is 1.80 bits per heavy atom. The maximum Gasteiger partial charge on any atom is 0.241 e. The lowest BCUT2D eigenvalue weighted by Gasteiger charge is -2.12. The van der Waals surface area contributed by atoms with E-state index in [1.165, 1.54) is 0 Å². The van der Waals surface area contributed by atoms with Gasteiger partial charge >= 0.3 is 0 Å². The van der Waals surface area contributed by atoms with Crippen LogP contribution in [0.3, 0.4) is 0 Å². The molecular formula is C15H19NO3S. The second kappa shape index (κ2) is 5.81. The molecule has 0 aliphatic rings. The Balaban J connectivity index is 2.14. The third-order valence-electron chi connectivity index (χ3n) is 3.12. The largest absolute Gasteiger partial charge is 0.469 e. The van der Waals surface area contributed by atoms with Gasteiger partial charge in [-0.3, -0.25) is 0 Å². The molecule has 4 nitrogen and oxygen atoms in total. The molecular weight excluding hydrogens is 274 g/mol. The van der Waals surface area contributed by atoms with Gasteiger partial charge in [0.2, 0.25) is 10.0 Å². The zero-order chi connectivity index (χ0) is 14.8. The van der Waals surface area contributed by atoms with Gasteiger partial charge in [-0.2, -0.15) is 0 Å². The van der Waals surface area contributed by atoms with Crippen molar-refractivity contribution in [2.75, 3.05) is 6.54 Å². The maximum absolute atomic E-state index is 12.4. The first-order chi connectivity index (χ1) is 9.40. The number of aryl methyl sites for hydroxylation is 3. The van der Waals surface area contributed by atoms with Gasteiger partial charge in [-0.15, -0.1) is 0 Å². The average molecular weight is 293 g/mol. The molecule has 1 aromatic carbocycles. The SMILES string of the molecule is Cc1cc(C)c(S(=O)(=O)NCCc2ccco2)c(C)c1. The molecule has 0 fully saturated rings. The van der Waals surface area contributed by atoms with E-state index in [2.05, 4.69) is 4.72 Å². The number of furan rings is 1. The smallest absolute Gasteiger partial charge is 0.241 e. The first kappa shape index (κ1) is 14.8. The second-order valence-corrected chi connectivity index (χ2v) is 6.66. The van der Waals surface area contributed by atoms with E-state index in [9.17, 15) is 8.42 Å². The summed E-state index contributed by atoms with van der Waals surface area (Å²) in [6.45, 7) is 5.92. The lowest BCUT2D eigenvalue weighted by molar-refractivity contribution is 0.506. The summed E-state index contributed by atoms with van der Waals surface area (Å²) < 4.78 is 32.6. The molecule has 0 saturated carbocycles. The summed E-state index contributed by atoms with van der Waals surface area (Å²) >= 11 is 0. The lowest BCUT2D eigenvalue weighted by Crippen LogP contribution is -2.27. The van der Waals surface area contributed by atoms with Crippen LogP contribution in [0.4, 0.5) is 0 Å². The van der Waals surface area contributed by atoms with Crippen LogP contribution in [-0.4, -0.2) is 15.0 Å². The van der Waals surface area contributed by atoms with Gasteiger partial charge in [0.1, 0.15) is 5.76 Å². The monoisotopic (exact) mass is 293 g/mol. The molecule has 0 saturated heterocycles. The maximum atomic E-state index is 12.4. The van der Waals surface area contributed by atoms with Crippen molar-refractivity contribution in [2.24, 2.45) is 0 Å². The van der Waals surface area contributed by atoms with Gasteiger partial charge in [-0.25, -0.2) is 13.1 Å². The minimum absolute atomic E-state index is 0.322. The van der Waals surface area contributed by atoms with Crippen molar-refractivity contribution < 1.29 is 12.8 Å². The first-order valence-electron chi connectivity index (χ1n) is 6.50. The second-order valence-electron chi connectivity index (χ2n) is 4.95. The molecule has 0 amide bonds. The van der Waals surface area contributed by atoms with Crippen molar-refractivity contribution in [1.29, 1.82) is 0 Å². The molecule has 20 heavy (non-hydrogen) atoms. The number of benzene rings is 1. The summed E-state index contributed by atoms with van der Waals surface area (Å²) in [4.78, 5) is 0.377. The molecule has 0 aliphatic carbocycles. The summed E-state index contributed by atoms with van der Waals surface area (Å²) in [5.41, 5.74) is 2.61. The van der Waals surface area contributed by atoms with Gasteiger partial charge < -0.3 is 4.42 Å². The van der Waals surface area contributed by atoms with Gasteiger partial charge in [-0.1, -0.05) is 17.7 Å². The highest BCUT2D eigenvalue weighted by atomic mass is 32.2. The molecule has 2 aromatic rings. The minimum Gasteiger partial charge on any atom is -0.469 e. The molecule has 1 aromatic heterocycles. The van der Waals surface area contributed by atoms with Crippen LogP contribution in [-0.2, 0) is 16.4 Å². The van der Waals surface area contributed by atoms with Crippen LogP contribution in [0.15, 0.2) is 39.8 Å². The average Bonchev–Trinajstić information content (AvgIpc) is 2.79. The quantitative estimate of drug-likeness (QED) is 0.922. The van der Waals surface area contributed by atoms with Gasteiger partial charge in [0, 0.05) is 13.0 Å². The van der Waals surface area contributed by atoms with Gasteiger partial charge in [0.05, 0.1) is 11.2 Å². The summed E-state index contributed by atoms with van der Waals surface area (Å²) in [7, 11) is -3.48. The molecule has 0 aliphatic heterocycles. The van der Waals surface area contributed by atoms with E-state index in [-0.39, 0.29) is 0 Å². The molecule has 2 rings (SSSR count). The standard InChI is InChI=1S/C15H19NO3S/c1-11-9-12(2)15(13(3)10-11)20(17,18)16-7-6-14-5-4-8-19-14/h4-5,8-10,16H,6-7H2,1-3H3. The van der Waals surface area contributed by atoms with E-state index in [0.29, 0.717) is 17.9 Å². The van der Waals surface area contributed by atoms with E-state index in [1.54, 1.807) is 12.3 Å². The van der Waals surface area contributed by atoms with E-state index in [1.807, 2.05) is 39.0 Å². The fourth-order valence-electron chi connectivity index (χ4n) is 2.43. The highest BCUT2D eigenvalue weighted by molar-refractivity contribution is 7.89. The zero-order valence-electron chi connectivity index (χ0n) is 11.9. The van der Waals surface area contributed by atoms with Crippen LogP contribution < -0.4 is 4.72 Å². The summed E-state index contributed by atoms with van der Waals surface area (Å²) in [6, 6.07) is 7.39. The first-order valence-corrected chi connectivity index (χ1v) is 7.98. The Morgan fingerprint density at radius 1 is 1.15 bits per heavy atom. The van der Waals surface area contributed by atoms with Crippen molar-refractivity contribution in [3.8, 4) is 0 Å². The van der Waals surface area contributed by atoms with E-state index in [4.69, 9.17) is 4.42 Å². The molecule has 5 heteroatoms. The van der Waals surface area contributed by atoms with Crippen LogP contribution in [0.25, 0.3) is 0 Å². The van der Waals surface area contributed by atoms with Crippen LogP contribution in [0.2, 0.25) is 0 Å². The van der Waals surface area contributed by atoms with Gasteiger partial charge in [-0.05, 0) is 44.0 Å². The predicted molar refractivity (Wildman–Crippen MR) is 78.3 cm³/mol. The number of hydrogen-bond acceptors (Lipinski definition) is 3. The fraction of sp³-hybridized carbons (Fsp3) is 0.333. The van der Waals surface area contributed by atoms with Gasteiger partial charge in [0.25, 0.3) is 0 Å². The normalized spacial score (nSPS) is 11.8. The van der Waals surface area contributed by atoms with Crippen molar-refractivity contribution in [3.05, 3.63) is 53.0 Å². The number of nitrogens with one attached hydrogen (secondary N) is 1. The molecule has 0 spiro atoms. The van der Waals surface area contributed by atoms with E-state index >= 15 is 0 Å².